The van der Waals surface area contributed by atoms with E-state index in [0.29, 0.717) is 10.8 Å². The maximum Gasteiger partial charge on any atom is 0.0804 e. The van der Waals surface area contributed by atoms with Gasteiger partial charge in [-0.1, -0.05) is 33.3 Å². The number of fused-ring (bicyclic) bond motifs is 5. The Balaban J connectivity index is 1.22. The molecule has 5 rings (SSSR count). The van der Waals surface area contributed by atoms with Crippen LogP contribution in [0, 0.1) is 40.4 Å². The number of aliphatic hydroxyl groups is 2. The normalized spacial score (nSPS) is 45.7. The van der Waals surface area contributed by atoms with Crippen molar-refractivity contribution in [1.82, 2.24) is 4.98 Å². The van der Waals surface area contributed by atoms with Crippen molar-refractivity contribution in [2.75, 3.05) is 0 Å². The second-order valence-electron chi connectivity index (χ2n) is 13.0. The summed E-state index contributed by atoms with van der Waals surface area (Å²) < 4.78 is 0. The molecule has 184 valence electrons. The lowest BCUT2D eigenvalue weighted by atomic mass is 9.43. The highest BCUT2D eigenvalue weighted by Gasteiger charge is 2.60. The summed E-state index contributed by atoms with van der Waals surface area (Å²) in [5.41, 5.74) is 1.53. The topological polar surface area (TPSA) is 53.4 Å². The number of nitrogens with zero attached hydrogens (tertiary/aromatic N) is 1. The summed E-state index contributed by atoms with van der Waals surface area (Å²) in [6.07, 6.45) is 19.0. The Hall–Kier alpha value is -0.930. The Labute approximate surface area is 201 Å². The average Bonchev–Trinajstić information content (AvgIpc) is 3.16. The van der Waals surface area contributed by atoms with Crippen molar-refractivity contribution in [1.29, 1.82) is 0 Å². The molecule has 4 aliphatic carbocycles. The van der Waals surface area contributed by atoms with Crippen LogP contribution in [-0.4, -0.2) is 20.8 Å². The Morgan fingerprint density at radius 1 is 1.03 bits per heavy atom. The van der Waals surface area contributed by atoms with Gasteiger partial charge in [0.25, 0.3) is 0 Å². The molecule has 0 amide bonds. The lowest BCUT2D eigenvalue weighted by Gasteiger charge is -2.62. The average molecular weight is 454 g/mol. The van der Waals surface area contributed by atoms with Crippen molar-refractivity contribution < 1.29 is 10.2 Å². The van der Waals surface area contributed by atoms with Gasteiger partial charge in [-0.15, -0.1) is 0 Å². The van der Waals surface area contributed by atoms with Crippen LogP contribution < -0.4 is 0 Å². The summed E-state index contributed by atoms with van der Waals surface area (Å²) in [6, 6.07) is 3.92. The van der Waals surface area contributed by atoms with E-state index in [-0.39, 0.29) is 11.7 Å². The molecule has 33 heavy (non-hydrogen) atoms. The quantitative estimate of drug-likeness (QED) is 0.483. The van der Waals surface area contributed by atoms with Crippen molar-refractivity contribution >= 4 is 0 Å². The molecule has 1 heterocycles. The van der Waals surface area contributed by atoms with Gasteiger partial charge in [0, 0.05) is 12.4 Å². The molecule has 3 heteroatoms. The number of aliphatic hydroxyl groups excluding tert-OH is 1. The van der Waals surface area contributed by atoms with E-state index in [2.05, 4.69) is 25.8 Å². The van der Waals surface area contributed by atoms with Crippen LogP contribution in [0.3, 0.4) is 0 Å². The summed E-state index contributed by atoms with van der Waals surface area (Å²) in [5, 5.41) is 21.6. The van der Waals surface area contributed by atoms with Gasteiger partial charge in [-0.05, 0) is 129 Å². The number of aromatic nitrogens is 1. The summed E-state index contributed by atoms with van der Waals surface area (Å²) >= 11 is 0. The molecule has 1 aromatic rings. The van der Waals surface area contributed by atoms with E-state index in [1.165, 1.54) is 51.4 Å². The molecule has 0 bridgehead atoms. The zero-order valence-corrected chi connectivity index (χ0v) is 21.3. The monoisotopic (exact) mass is 453 g/mol. The fraction of sp³-hybridized carbons (Fsp3) is 0.833. The van der Waals surface area contributed by atoms with E-state index < -0.39 is 0 Å². The van der Waals surface area contributed by atoms with E-state index in [4.69, 9.17) is 0 Å². The molecule has 3 nitrogen and oxygen atoms in total. The van der Waals surface area contributed by atoms with Crippen molar-refractivity contribution in [3.05, 3.63) is 30.1 Å². The molecule has 0 saturated heterocycles. The predicted molar refractivity (Wildman–Crippen MR) is 134 cm³/mol. The third-order valence-electron chi connectivity index (χ3n) is 11.8. The van der Waals surface area contributed by atoms with Crippen molar-refractivity contribution in [3.63, 3.8) is 0 Å². The van der Waals surface area contributed by atoms with E-state index in [1.54, 1.807) is 6.20 Å². The highest BCUT2D eigenvalue weighted by atomic mass is 16.3. The van der Waals surface area contributed by atoms with Gasteiger partial charge in [-0.25, -0.2) is 0 Å². The van der Waals surface area contributed by atoms with Crippen LogP contribution in [0.1, 0.15) is 116 Å². The summed E-state index contributed by atoms with van der Waals surface area (Å²) in [6.45, 7) is 7.42. The van der Waals surface area contributed by atoms with E-state index in [9.17, 15) is 10.2 Å². The van der Waals surface area contributed by atoms with Crippen LogP contribution in [-0.2, 0) is 0 Å². The van der Waals surface area contributed by atoms with Gasteiger partial charge in [0.05, 0.1) is 11.7 Å². The third kappa shape index (κ3) is 4.10. The van der Waals surface area contributed by atoms with Gasteiger partial charge in [-0.3, -0.25) is 4.98 Å². The molecule has 2 N–H and O–H groups in total. The third-order valence-corrected chi connectivity index (χ3v) is 11.8. The predicted octanol–water partition coefficient (Wildman–Crippen LogP) is 7.09. The first kappa shape index (κ1) is 23.8. The van der Waals surface area contributed by atoms with Gasteiger partial charge in [0.1, 0.15) is 0 Å². The summed E-state index contributed by atoms with van der Waals surface area (Å²) in [4.78, 5) is 4.17. The number of rotatable bonds is 6. The van der Waals surface area contributed by atoms with Crippen LogP contribution in [0.25, 0.3) is 0 Å². The van der Waals surface area contributed by atoms with Crippen molar-refractivity contribution in [2.45, 2.75) is 116 Å². The molecular weight excluding hydrogens is 406 g/mol. The largest absolute Gasteiger partial charge is 0.390 e. The highest BCUT2D eigenvalue weighted by Crippen LogP contribution is 2.68. The molecule has 4 saturated carbocycles. The zero-order chi connectivity index (χ0) is 23.3. The van der Waals surface area contributed by atoms with E-state index in [0.717, 1.165) is 67.3 Å². The second-order valence-corrected chi connectivity index (χ2v) is 13.0. The van der Waals surface area contributed by atoms with Crippen molar-refractivity contribution in [3.8, 4) is 0 Å². The molecule has 0 aliphatic heterocycles. The Morgan fingerprint density at radius 2 is 1.85 bits per heavy atom. The summed E-state index contributed by atoms with van der Waals surface area (Å²) in [7, 11) is 0. The minimum Gasteiger partial charge on any atom is -0.390 e. The fourth-order valence-electron chi connectivity index (χ4n) is 9.52. The van der Waals surface area contributed by atoms with Crippen molar-refractivity contribution in [2.24, 2.45) is 40.4 Å². The molecule has 4 fully saturated rings. The maximum absolute atomic E-state index is 11.0. The second kappa shape index (κ2) is 8.94. The molecule has 0 aromatic carbocycles. The maximum atomic E-state index is 11.0. The zero-order valence-electron chi connectivity index (χ0n) is 21.3. The van der Waals surface area contributed by atoms with Crippen LogP contribution >= 0.6 is 0 Å². The molecule has 0 spiro atoms. The first-order valence-corrected chi connectivity index (χ1v) is 14.1. The Morgan fingerprint density at radius 3 is 2.61 bits per heavy atom. The van der Waals surface area contributed by atoms with E-state index in [1.807, 2.05) is 18.3 Å². The first-order chi connectivity index (χ1) is 15.8. The van der Waals surface area contributed by atoms with Crippen LogP contribution in [0.5, 0.6) is 0 Å². The van der Waals surface area contributed by atoms with Gasteiger partial charge in [0.15, 0.2) is 0 Å². The van der Waals surface area contributed by atoms with Crippen LogP contribution in [0.4, 0.5) is 0 Å². The van der Waals surface area contributed by atoms with Crippen LogP contribution in [0.2, 0.25) is 0 Å². The lowest BCUT2D eigenvalue weighted by Crippen LogP contribution is -2.55. The number of hydrogen-bond donors (Lipinski definition) is 2. The summed E-state index contributed by atoms with van der Waals surface area (Å²) in [5.74, 6) is 4.24. The minimum atomic E-state index is -0.390. The van der Waals surface area contributed by atoms with Gasteiger partial charge in [-0.2, -0.15) is 0 Å². The lowest BCUT2D eigenvalue weighted by molar-refractivity contribution is -0.151. The fourth-order valence-corrected chi connectivity index (χ4v) is 9.52. The molecular formula is C30H47NO2. The smallest absolute Gasteiger partial charge is 0.0804 e. The highest BCUT2D eigenvalue weighted by molar-refractivity contribution is 5.12. The number of pyridine rings is 1. The number of hydrogen-bond acceptors (Lipinski definition) is 3. The molecule has 0 radical (unpaired) electrons. The SMILES string of the molecule is CC[C@]1(O)CC[C@@]2(C)[C@@H](CC[C@@H]3[C@@H]2CC[C@]2(C)[C@@H](CCC[C@@H](O)c4cccnc4)CC[C@@H]32)C1. The van der Waals surface area contributed by atoms with E-state index >= 15 is 0 Å². The van der Waals surface area contributed by atoms with Gasteiger partial charge < -0.3 is 10.2 Å². The molecule has 4 aliphatic rings. The van der Waals surface area contributed by atoms with Gasteiger partial charge in [0.2, 0.25) is 0 Å². The minimum absolute atomic E-state index is 0.372. The Bertz CT molecular complexity index is 813. The first-order valence-electron chi connectivity index (χ1n) is 14.1. The standard InChI is InChI=1S/C30H47NO2/c1-4-30(33)17-16-29(3)23(19-30)10-12-24-25-13-11-22(28(25,2)15-14-26(24)29)8-5-9-27(32)21-7-6-18-31-20-21/h6-7,18,20,22-27,32-33H,4-5,8-17,19H2,1-3H3/t22-,23-,24-,25-,26-,27+,28+,29-,30-/m0/s1. The molecule has 1 aromatic heterocycles. The van der Waals surface area contributed by atoms with Gasteiger partial charge >= 0.3 is 0 Å². The molecule has 9 atom stereocenters. The Kier molecular flexibility index (Phi) is 6.44. The molecule has 0 unspecified atom stereocenters. The van der Waals surface area contributed by atoms with Crippen LogP contribution in [0.15, 0.2) is 24.5 Å².